The molecule has 3 nitrogen and oxygen atoms in total. The highest BCUT2D eigenvalue weighted by atomic mass is 35.5. The van der Waals surface area contributed by atoms with Crippen molar-refractivity contribution in [2.45, 2.75) is 6.92 Å². The molecule has 2 N–H and O–H groups in total. The van der Waals surface area contributed by atoms with Gasteiger partial charge in [-0.3, -0.25) is 4.79 Å². The van der Waals surface area contributed by atoms with Gasteiger partial charge in [0.2, 0.25) is 5.91 Å². The molecule has 0 aliphatic carbocycles. The smallest absolute Gasteiger partial charge is 0.234 e. The van der Waals surface area contributed by atoms with Crippen molar-refractivity contribution < 1.29 is 9.90 Å². The molecule has 1 unspecified atom stereocenters. The monoisotopic (exact) mass is 165 g/mol. The van der Waals surface area contributed by atoms with E-state index in [0.29, 0.717) is 6.54 Å². The van der Waals surface area contributed by atoms with Crippen LogP contribution in [-0.2, 0) is 4.79 Å². The molecule has 0 heterocycles. The van der Waals surface area contributed by atoms with E-state index in [9.17, 15) is 4.79 Å². The number of rotatable bonds is 4. The maximum absolute atomic E-state index is 10.5. The number of nitrogens with one attached hydrogen (secondary N) is 1. The SMILES string of the molecule is CC(CO)CNC(=O)CCl. The lowest BCUT2D eigenvalue weighted by Crippen LogP contribution is -2.30. The van der Waals surface area contributed by atoms with Crippen molar-refractivity contribution in [3.05, 3.63) is 0 Å². The van der Waals surface area contributed by atoms with Crippen molar-refractivity contribution in [1.82, 2.24) is 5.32 Å². The largest absolute Gasteiger partial charge is 0.396 e. The number of alkyl halides is 1. The minimum Gasteiger partial charge on any atom is -0.396 e. The van der Waals surface area contributed by atoms with Gasteiger partial charge in [0.15, 0.2) is 0 Å². The van der Waals surface area contributed by atoms with E-state index in [1.54, 1.807) is 0 Å². The number of amides is 1. The average Bonchev–Trinajstić information content (AvgIpc) is 1.99. The van der Waals surface area contributed by atoms with Gasteiger partial charge in [-0.05, 0) is 5.92 Å². The highest BCUT2D eigenvalue weighted by Crippen LogP contribution is 1.88. The van der Waals surface area contributed by atoms with Crippen LogP contribution in [0.1, 0.15) is 6.92 Å². The lowest BCUT2D eigenvalue weighted by atomic mass is 10.2. The van der Waals surface area contributed by atoms with Crippen LogP contribution in [0.2, 0.25) is 0 Å². The second-order valence-corrected chi connectivity index (χ2v) is 2.49. The summed E-state index contributed by atoms with van der Waals surface area (Å²) in [4.78, 5) is 10.5. The van der Waals surface area contributed by atoms with Crippen LogP contribution >= 0.6 is 11.6 Å². The Morgan fingerprint density at radius 2 is 2.40 bits per heavy atom. The second kappa shape index (κ2) is 5.50. The minimum absolute atomic E-state index is 0.0157. The second-order valence-electron chi connectivity index (χ2n) is 2.23. The molecule has 0 aromatic heterocycles. The summed E-state index contributed by atoms with van der Waals surface area (Å²) >= 11 is 5.20. The van der Waals surface area contributed by atoms with Crippen LogP contribution in [0.15, 0.2) is 0 Å². The summed E-state index contributed by atoms with van der Waals surface area (Å²) in [7, 11) is 0. The molecule has 0 saturated heterocycles. The van der Waals surface area contributed by atoms with Crippen LogP contribution in [0.5, 0.6) is 0 Å². The molecule has 60 valence electrons. The molecule has 0 saturated carbocycles. The van der Waals surface area contributed by atoms with Crippen LogP contribution in [0.3, 0.4) is 0 Å². The van der Waals surface area contributed by atoms with E-state index >= 15 is 0 Å². The van der Waals surface area contributed by atoms with Crippen molar-refractivity contribution >= 4 is 17.5 Å². The van der Waals surface area contributed by atoms with Gasteiger partial charge >= 0.3 is 0 Å². The number of aliphatic hydroxyl groups excluding tert-OH is 1. The Hall–Kier alpha value is -0.280. The van der Waals surface area contributed by atoms with Gasteiger partial charge in [-0.2, -0.15) is 0 Å². The standard InChI is InChI=1S/C6H12ClNO2/c1-5(4-9)3-8-6(10)2-7/h5,9H,2-4H2,1H3,(H,8,10). The van der Waals surface area contributed by atoms with Crippen molar-refractivity contribution in [3.63, 3.8) is 0 Å². The van der Waals surface area contributed by atoms with E-state index in [1.165, 1.54) is 0 Å². The molecule has 0 fully saturated rings. The topological polar surface area (TPSA) is 49.3 Å². The molecule has 0 spiro atoms. The Bertz CT molecular complexity index is 108. The molecular formula is C6H12ClNO2. The van der Waals surface area contributed by atoms with E-state index in [4.69, 9.17) is 16.7 Å². The molecule has 0 aromatic rings. The van der Waals surface area contributed by atoms with Gasteiger partial charge in [-0.25, -0.2) is 0 Å². The Morgan fingerprint density at radius 3 is 2.80 bits per heavy atom. The molecule has 0 aliphatic rings. The Morgan fingerprint density at radius 1 is 1.80 bits per heavy atom. The van der Waals surface area contributed by atoms with Crippen molar-refractivity contribution in [3.8, 4) is 0 Å². The summed E-state index contributed by atoms with van der Waals surface area (Å²) in [6, 6.07) is 0. The zero-order chi connectivity index (χ0) is 7.98. The van der Waals surface area contributed by atoms with E-state index in [2.05, 4.69) is 5.32 Å². The van der Waals surface area contributed by atoms with Crippen LogP contribution in [0.25, 0.3) is 0 Å². The average molecular weight is 166 g/mol. The fourth-order valence-electron chi connectivity index (χ4n) is 0.400. The van der Waals surface area contributed by atoms with Crippen LogP contribution < -0.4 is 5.32 Å². The van der Waals surface area contributed by atoms with Crippen molar-refractivity contribution in [2.24, 2.45) is 5.92 Å². The number of carbonyl (C=O) groups is 1. The number of halogens is 1. The molecule has 1 amide bonds. The molecule has 4 heteroatoms. The highest BCUT2D eigenvalue weighted by Gasteiger charge is 2.01. The Balaban J connectivity index is 3.26. The molecule has 0 aromatic carbocycles. The summed E-state index contributed by atoms with van der Waals surface area (Å²) in [5, 5.41) is 11.1. The molecular weight excluding hydrogens is 154 g/mol. The number of carbonyl (C=O) groups excluding carboxylic acids is 1. The van der Waals surface area contributed by atoms with Crippen molar-refractivity contribution in [1.29, 1.82) is 0 Å². The maximum atomic E-state index is 10.5. The predicted octanol–water partition coefficient (Wildman–Crippen LogP) is -0.0302. The van der Waals surface area contributed by atoms with Gasteiger partial charge < -0.3 is 10.4 Å². The fourth-order valence-corrected chi connectivity index (χ4v) is 0.494. The molecule has 1 atom stereocenters. The van der Waals surface area contributed by atoms with Crippen molar-refractivity contribution in [2.75, 3.05) is 19.0 Å². The third kappa shape index (κ3) is 4.58. The summed E-state index contributed by atoms with van der Waals surface area (Å²) in [5.74, 6) is -0.104. The highest BCUT2D eigenvalue weighted by molar-refractivity contribution is 6.27. The van der Waals surface area contributed by atoms with Gasteiger partial charge in [-0.1, -0.05) is 6.92 Å². The van der Waals surface area contributed by atoms with E-state index < -0.39 is 0 Å². The Labute approximate surface area is 65.4 Å². The summed E-state index contributed by atoms with van der Waals surface area (Å²) in [5.41, 5.74) is 0. The summed E-state index contributed by atoms with van der Waals surface area (Å²) < 4.78 is 0. The molecule has 0 bridgehead atoms. The van der Waals surface area contributed by atoms with Gasteiger partial charge in [0, 0.05) is 13.2 Å². The Kier molecular flexibility index (Phi) is 5.35. The van der Waals surface area contributed by atoms with E-state index in [0.717, 1.165) is 0 Å². The van der Waals surface area contributed by atoms with Gasteiger partial charge in [0.1, 0.15) is 5.88 Å². The van der Waals surface area contributed by atoms with Crippen LogP contribution in [0.4, 0.5) is 0 Å². The number of hydrogen-bond acceptors (Lipinski definition) is 2. The van der Waals surface area contributed by atoms with Crippen LogP contribution in [0, 0.1) is 5.92 Å². The number of aliphatic hydroxyl groups is 1. The molecule has 0 aliphatic heterocycles. The van der Waals surface area contributed by atoms with Gasteiger partial charge in [0.05, 0.1) is 0 Å². The minimum atomic E-state index is -0.193. The summed E-state index contributed by atoms with van der Waals surface area (Å²) in [6.07, 6.45) is 0. The van der Waals surface area contributed by atoms with E-state index in [1.807, 2.05) is 6.92 Å². The van der Waals surface area contributed by atoms with E-state index in [-0.39, 0.29) is 24.3 Å². The third-order valence-electron chi connectivity index (χ3n) is 1.08. The third-order valence-corrected chi connectivity index (χ3v) is 1.32. The predicted molar refractivity (Wildman–Crippen MR) is 40.0 cm³/mol. The first-order valence-electron chi connectivity index (χ1n) is 3.14. The quantitative estimate of drug-likeness (QED) is 0.575. The first-order chi connectivity index (χ1) is 4.70. The zero-order valence-electron chi connectivity index (χ0n) is 5.93. The lowest BCUT2D eigenvalue weighted by Gasteiger charge is -2.07. The molecule has 10 heavy (non-hydrogen) atoms. The van der Waals surface area contributed by atoms with Gasteiger partial charge in [-0.15, -0.1) is 11.6 Å². The van der Waals surface area contributed by atoms with Gasteiger partial charge in [0.25, 0.3) is 0 Å². The lowest BCUT2D eigenvalue weighted by molar-refractivity contribution is -0.118. The molecule has 0 radical (unpaired) electrons. The first-order valence-corrected chi connectivity index (χ1v) is 3.67. The molecule has 0 rings (SSSR count). The normalized spacial score (nSPS) is 12.7. The maximum Gasteiger partial charge on any atom is 0.234 e. The summed E-state index contributed by atoms with van der Waals surface area (Å²) in [6.45, 7) is 2.42. The van der Waals surface area contributed by atoms with Crippen LogP contribution in [-0.4, -0.2) is 30.0 Å². The fraction of sp³-hybridized carbons (Fsp3) is 0.833. The zero-order valence-corrected chi connectivity index (χ0v) is 6.69. The first kappa shape index (κ1) is 9.72. The number of hydrogen-bond donors (Lipinski definition) is 2.